The van der Waals surface area contributed by atoms with Crippen molar-refractivity contribution in [2.45, 2.75) is 39.8 Å². The molecule has 0 aromatic carbocycles. The highest BCUT2D eigenvalue weighted by atomic mass is 32.1. The van der Waals surface area contributed by atoms with Gasteiger partial charge in [0.2, 0.25) is 5.91 Å². The van der Waals surface area contributed by atoms with Gasteiger partial charge in [0, 0.05) is 48.9 Å². The number of carbonyl (C=O) groups excluding carboxylic acids is 1. The van der Waals surface area contributed by atoms with Gasteiger partial charge in [-0.2, -0.15) is 13.9 Å². The molecular weight excluding hydrogens is 358 g/mol. The first-order valence-electron chi connectivity index (χ1n) is 8.81. The number of hydrogen-bond donors (Lipinski definition) is 0. The third-order valence-corrected chi connectivity index (χ3v) is 5.75. The van der Waals surface area contributed by atoms with Gasteiger partial charge in [0.05, 0.1) is 12.1 Å². The molecule has 1 fully saturated rings. The summed E-state index contributed by atoms with van der Waals surface area (Å²) in [6, 6.07) is 4.18. The predicted octanol–water partition coefficient (Wildman–Crippen LogP) is 3.23. The lowest BCUT2D eigenvalue weighted by Gasteiger charge is -2.22. The van der Waals surface area contributed by atoms with Crippen molar-refractivity contribution < 1.29 is 13.6 Å². The molecule has 2 aromatic heterocycles. The Kier molecular flexibility index (Phi) is 6.03. The van der Waals surface area contributed by atoms with Crippen LogP contribution in [0.3, 0.4) is 0 Å². The molecule has 3 heterocycles. The van der Waals surface area contributed by atoms with Crippen LogP contribution in [0.5, 0.6) is 0 Å². The van der Waals surface area contributed by atoms with E-state index in [9.17, 15) is 13.6 Å². The minimum atomic E-state index is -2.68. The van der Waals surface area contributed by atoms with E-state index in [1.165, 1.54) is 4.88 Å². The summed E-state index contributed by atoms with van der Waals surface area (Å²) in [7, 11) is 0. The molecule has 1 aliphatic heterocycles. The number of thiophene rings is 1. The molecule has 142 valence electrons. The Hall–Kier alpha value is -1.80. The number of amides is 1. The van der Waals surface area contributed by atoms with Gasteiger partial charge in [0.25, 0.3) is 0 Å². The second-order valence-corrected chi connectivity index (χ2v) is 7.67. The molecule has 0 unspecified atom stereocenters. The van der Waals surface area contributed by atoms with Crippen LogP contribution in [0.25, 0.3) is 0 Å². The molecule has 1 saturated heterocycles. The lowest BCUT2D eigenvalue weighted by molar-refractivity contribution is -0.130. The molecule has 0 atom stereocenters. The molecule has 2 aromatic rings. The summed E-state index contributed by atoms with van der Waals surface area (Å²) in [5.41, 5.74) is 1.50. The number of alkyl halides is 2. The van der Waals surface area contributed by atoms with E-state index in [4.69, 9.17) is 0 Å². The lowest BCUT2D eigenvalue weighted by atomic mass is 10.1. The summed E-state index contributed by atoms with van der Waals surface area (Å²) in [5.74, 6) is -0.0111. The molecule has 5 nitrogen and oxygen atoms in total. The van der Waals surface area contributed by atoms with Gasteiger partial charge in [-0.25, -0.2) is 4.68 Å². The molecule has 0 spiro atoms. The van der Waals surface area contributed by atoms with Crippen molar-refractivity contribution in [1.29, 1.82) is 0 Å². The average molecular weight is 382 g/mol. The fourth-order valence-electron chi connectivity index (χ4n) is 3.41. The van der Waals surface area contributed by atoms with Gasteiger partial charge >= 0.3 is 6.55 Å². The fourth-order valence-corrected chi connectivity index (χ4v) is 4.15. The summed E-state index contributed by atoms with van der Waals surface area (Å²) >= 11 is 1.75. The molecule has 3 rings (SSSR count). The summed E-state index contributed by atoms with van der Waals surface area (Å²) in [5, 5.41) is 5.95. The van der Waals surface area contributed by atoms with Gasteiger partial charge in [-0.05, 0) is 31.7 Å². The van der Waals surface area contributed by atoms with Crippen molar-refractivity contribution in [2.75, 3.05) is 26.2 Å². The zero-order valence-electron chi connectivity index (χ0n) is 15.1. The van der Waals surface area contributed by atoms with Gasteiger partial charge < -0.3 is 4.90 Å². The van der Waals surface area contributed by atoms with Crippen LogP contribution >= 0.6 is 11.3 Å². The summed E-state index contributed by atoms with van der Waals surface area (Å²) < 4.78 is 26.6. The Labute approximate surface area is 156 Å². The highest BCUT2D eigenvalue weighted by Gasteiger charge is 2.23. The molecule has 1 amide bonds. The lowest BCUT2D eigenvalue weighted by Crippen LogP contribution is -2.36. The SMILES string of the molecule is Cc1nn(C(F)F)c(C)c1CC(=O)N1CCCN(Cc2cccs2)CC1. The summed E-state index contributed by atoms with van der Waals surface area (Å²) in [6.45, 7) is 4.69. The highest BCUT2D eigenvalue weighted by molar-refractivity contribution is 7.09. The summed E-state index contributed by atoms with van der Waals surface area (Å²) in [6.07, 6.45) is 1.06. The molecule has 1 aliphatic rings. The molecule has 26 heavy (non-hydrogen) atoms. The number of rotatable bonds is 5. The third kappa shape index (κ3) is 4.29. The van der Waals surface area contributed by atoms with Crippen molar-refractivity contribution in [1.82, 2.24) is 19.6 Å². The molecular formula is C18H24F2N4OS. The zero-order valence-corrected chi connectivity index (χ0v) is 15.9. The van der Waals surface area contributed by atoms with E-state index in [2.05, 4.69) is 27.5 Å². The van der Waals surface area contributed by atoms with E-state index in [1.54, 1.807) is 25.2 Å². The molecule has 0 saturated carbocycles. The van der Waals surface area contributed by atoms with Gasteiger partial charge in [-0.15, -0.1) is 11.3 Å². The second kappa shape index (κ2) is 8.26. The zero-order chi connectivity index (χ0) is 18.7. The predicted molar refractivity (Wildman–Crippen MR) is 97.5 cm³/mol. The molecule has 0 radical (unpaired) electrons. The van der Waals surface area contributed by atoms with E-state index in [0.29, 0.717) is 34.7 Å². The topological polar surface area (TPSA) is 41.4 Å². The van der Waals surface area contributed by atoms with Crippen LogP contribution in [0, 0.1) is 13.8 Å². The van der Waals surface area contributed by atoms with Crippen LogP contribution in [0.4, 0.5) is 8.78 Å². The van der Waals surface area contributed by atoms with E-state index in [1.807, 2.05) is 4.90 Å². The Morgan fingerprint density at radius 2 is 2.08 bits per heavy atom. The Morgan fingerprint density at radius 3 is 2.73 bits per heavy atom. The Morgan fingerprint density at radius 1 is 1.27 bits per heavy atom. The van der Waals surface area contributed by atoms with Gasteiger partial charge in [0.15, 0.2) is 0 Å². The van der Waals surface area contributed by atoms with Crippen molar-refractivity contribution in [3.63, 3.8) is 0 Å². The molecule has 8 heteroatoms. The Bertz CT molecular complexity index is 745. The first-order chi connectivity index (χ1) is 12.5. The van der Waals surface area contributed by atoms with Crippen LogP contribution < -0.4 is 0 Å². The van der Waals surface area contributed by atoms with Crippen LogP contribution in [-0.4, -0.2) is 51.7 Å². The van der Waals surface area contributed by atoms with E-state index >= 15 is 0 Å². The molecule has 0 N–H and O–H groups in total. The first kappa shape index (κ1) is 19.0. The standard InChI is InChI=1S/C18H24F2N4OS/c1-13-16(14(2)24(21-13)18(19)20)11-17(25)23-7-4-6-22(8-9-23)12-15-5-3-10-26-15/h3,5,10,18H,4,6-9,11-12H2,1-2H3. The maximum absolute atomic E-state index is 13.0. The number of nitrogens with zero attached hydrogens (tertiary/aromatic N) is 4. The van der Waals surface area contributed by atoms with E-state index in [-0.39, 0.29) is 12.3 Å². The van der Waals surface area contributed by atoms with Crippen LogP contribution in [-0.2, 0) is 17.8 Å². The highest BCUT2D eigenvalue weighted by Crippen LogP contribution is 2.21. The number of carbonyl (C=O) groups is 1. The van der Waals surface area contributed by atoms with Crippen LogP contribution in [0.2, 0.25) is 0 Å². The van der Waals surface area contributed by atoms with Crippen molar-refractivity contribution in [2.24, 2.45) is 0 Å². The smallest absolute Gasteiger partial charge is 0.333 e. The number of hydrogen-bond acceptors (Lipinski definition) is 4. The Balaban J connectivity index is 1.60. The maximum Gasteiger partial charge on any atom is 0.333 e. The summed E-state index contributed by atoms with van der Waals surface area (Å²) in [4.78, 5) is 18.3. The fraction of sp³-hybridized carbons (Fsp3) is 0.556. The molecule has 0 bridgehead atoms. The minimum Gasteiger partial charge on any atom is -0.341 e. The van der Waals surface area contributed by atoms with Crippen LogP contribution in [0.1, 0.15) is 34.8 Å². The van der Waals surface area contributed by atoms with Crippen molar-refractivity contribution in [3.8, 4) is 0 Å². The van der Waals surface area contributed by atoms with E-state index in [0.717, 1.165) is 26.1 Å². The monoisotopic (exact) mass is 382 g/mol. The number of aryl methyl sites for hydroxylation is 1. The quantitative estimate of drug-likeness (QED) is 0.797. The number of aromatic nitrogens is 2. The normalized spacial score (nSPS) is 16.3. The van der Waals surface area contributed by atoms with Gasteiger partial charge in [0.1, 0.15) is 0 Å². The van der Waals surface area contributed by atoms with E-state index < -0.39 is 6.55 Å². The number of halogens is 2. The first-order valence-corrected chi connectivity index (χ1v) is 9.69. The second-order valence-electron chi connectivity index (χ2n) is 6.64. The minimum absolute atomic E-state index is 0.0111. The largest absolute Gasteiger partial charge is 0.341 e. The van der Waals surface area contributed by atoms with Crippen molar-refractivity contribution >= 4 is 17.2 Å². The van der Waals surface area contributed by atoms with Crippen LogP contribution in [0.15, 0.2) is 17.5 Å². The third-order valence-electron chi connectivity index (χ3n) is 4.89. The van der Waals surface area contributed by atoms with Gasteiger partial charge in [-0.3, -0.25) is 9.69 Å². The molecule has 0 aliphatic carbocycles. The maximum atomic E-state index is 13.0. The average Bonchev–Trinajstić information content (AvgIpc) is 3.12. The van der Waals surface area contributed by atoms with Gasteiger partial charge in [-0.1, -0.05) is 6.07 Å². The van der Waals surface area contributed by atoms with Crippen molar-refractivity contribution in [3.05, 3.63) is 39.3 Å².